The highest BCUT2D eigenvalue weighted by Crippen LogP contribution is 2.38. The molecule has 0 bridgehead atoms. The maximum atomic E-state index is 14.4. The fourth-order valence-corrected chi connectivity index (χ4v) is 5.16. The van der Waals surface area contributed by atoms with E-state index in [1.54, 1.807) is 12.1 Å². The van der Waals surface area contributed by atoms with Crippen LogP contribution in [-0.2, 0) is 12.7 Å². The van der Waals surface area contributed by atoms with Crippen molar-refractivity contribution in [2.75, 3.05) is 0 Å². The van der Waals surface area contributed by atoms with Crippen LogP contribution in [0.3, 0.4) is 0 Å². The zero-order valence-corrected chi connectivity index (χ0v) is 19.6. The molecule has 2 aromatic heterocycles. The standard InChI is InChI=1S/C28H15F5N2OS/c29-20-8-7-19(23(30)12-20)15-35-24(13-22(28(31,32)33)21(14-34)27(35)36)26-10-9-25(37-26)18-6-5-16-3-1-2-4-17(16)11-18/h1-13H,15H2. The van der Waals surface area contributed by atoms with Crippen molar-refractivity contribution in [3.8, 4) is 27.1 Å². The minimum atomic E-state index is -4.96. The fourth-order valence-electron chi connectivity index (χ4n) is 4.13. The molecule has 0 N–H and O–H groups in total. The number of aromatic nitrogens is 1. The van der Waals surface area contributed by atoms with Gasteiger partial charge in [-0.1, -0.05) is 42.5 Å². The van der Waals surface area contributed by atoms with Crippen LogP contribution in [-0.4, -0.2) is 4.57 Å². The summed E-state index contributed by atoms with van der Waals surface area (Å²) in [4.78, 5) is 14.2. The lowest BCUT2D eigenvalue weighted by Crippen LogP contribution is -2.28. The Balaban J connectivity index is 1.69. The van der Waals surface area contributed by atoms with E-state index >= 15 is 0 Å². The first-order valence-corrected chi connectivity index (χ1v) is 11.8. The Morgan fingerprint density at radius 2 is 1.59 bits per heavy atom. The first kappa shape index (κ1) is 24.4. The number of fused-ring (bicyclic) bond motifs is 1. The van der Waals surface area contributed by atoms with Crippen molar-refractivity contribution in [2.24, 2.45) is 0 Å². The first-order valence-electron chi connectivity index (χ1n) is 10.9. The van der Waals surface area contributed by atoms with Gasteiger partial charge >= 0.3 is 6.18 Å². The largest absolute Gasteiger partial charge is 0.417 e. The molecule has 3 nitrogen and oxygen atoms in total. The van der Waals surface area contributed by atoms with E-state index in [1.807, 2.05) is 42.5 Å². The summed E-state index contributed by atoms with van der Waals surface area (Å²) in [6.45, 7) is -0.490. The molecule has 0 saturated carbocycles. The van der Waals surface area contributed by atoms with Gasteiger partial charge in [0, 0.05) is 16.5 Å². The summed E-state index contributed by atoms with van der Waals surface area (Å²) in [6, 6.07) is 21.6. The molecule has 37 heavy (non-hydrogen) atoms. The average Bonchev–Trinajstić information content (AvgIpc) is 3.35. The minimum Gasteiger partial charge on any atom is -0.302 e. The molecule has 5 rings (SSSR count). The lowest BCUT2D eigenvalue weighted by atomic mass is 10.1. The first-order chi connectivity index (χ1) is 17.7. The van der Waals surface area contributed by atoms with Gasteiger partial charge in [-0.3, -0.25) is 4.79 Å². The summed E-state index contributed by atoms with van der Waals surface area (Å²) in [7, 11) is 0. The van der Waals surface area contributed by atoms with Gasteiger partial charge in [-0.25, -0.2) is 8.78 Å². The topological polar surface area (TPSA) is 45.8 Å². The van der Waals surface area contributed by atoms with Gasteiger partial charge in [0.25, 0.3) is 5.56 Å². The molecule has 0 aliphatic carbocycles. The van der Waals surface area contributed by atoms with E-state index in [2.05, 4.69) is 0 Å². The Labute approximate surface area is 211 Å². The Morgan fingerprint density at radius 3 is 2.30 bits per heavy atom. The number of alkyl halides is 3. The van der Waals surface area contributed by atoms with Gasteiger partial charge in [-0.2, -0.15) is 18.4 Å². The number of thiophene rings is 1. The van der Waals surface area contributed by atoms with E-state index in [4.69, 9.17) is 0 Å². The van der Waals surface area contributed by atoms with E-state index in [0.29, 0.717) is 10.9 Å². The third kappa shape index (κ3) is 4.63. The number of rotatable bonds is 4. The van der Waals surface area contributed by atoms with Crippen molar-refractivity contribution < 1.29 is 22.0 Å². The Kier molecular flexibility index (Phi) is 6.13. The van der Waals surface area contributed by atoms with Gasteiger partial charge < -0.3 is 4.57 Å². The highest BCUT2D eigenvalue weighted by Gasteiger charge is 2.36. The van der Waals surface area contributed by atoms with E-state index in [9.17, 15) is 32.0 Å². The maximum Gasteiger partial charge on any atom is 0.417 e. The highest BCUT2D eigenvalue weighted by molar-refractivity contribution is 7.18. The molecular weight excluding hydrogens is 507 g/mol. The SMILES string of the molecule is N#Cc1c(C(F)(F)F)cc(-c2ccc(-c3ccc4ccccc4c3)s2)n(Cc2ccc(F)cc2F)c1=O. The van der Waals surface area contributed by atoms with Gasteiger partial charge in [0.1, 0.15) is 23.3 Å². The van der Waals surface area contributed by atoms with Gasteiger partial charge in [0.2, 0.25) is 0 Å². The van der Waals surface area contributed by atoms with Crippen LogP contribution < -0.4 is 5.56 Å². The predicted octanol–water partition coefficient (Wildman–Crippen LogP) is 7.61. The lowest BCUT2D eigenvalue weighted by molar-refractivity contribution is -0.137. The zero-order valence-electron chi connectivity index (χ0n) is 18.8. The van der Waals surface area contributed by atoms with Crippen molar-refractivity contribution in [1.82, 2.24) is 4.57 Å². The second-order valence-corrected chi connectivity index (χ2v) is 9.36. The number of nitrogens with zero attached hydrogens (tertiary/aromatic N) is 2. The summed E-state index contributed by atoms with van der Waals surface area (Å²) in [6.07, 6.45) is -4.96. The number of hydrogen-bond acceptors (Lipinski definition) is 3. The molecule has 0 saturated heterocycles. The molecule has 0 aliphatic heterocycles. The molecule has 0 unspecified atom stereocenters. The smallest absolute Gasteiger partial charge is 0.302 e. The van der Waals surface area contributed by atoms with Crippen LogP contribution in [0.4, 0.5) is 22.0 Å². The Hall–Kier alpha value is -4.29. The fraction of sp³-hybridized carbons (Fsp3) is 0.0714. The van der Waals surface area contributed by atoms with Crippen LogP contribution in [0.2, 0.25) is 0 Å². The molecule has 184 valence electrons. The second kappa shape index (κ2) is 9.30. The molecule has 2 heterocycles. The summed E-state index contributed by atoms with van der Waals surface area (Å²) >= 11 is 1.16. The van der Waals surface area contributed by atoms with Crippen LogP contribution in [0.25, 0.3) is 31.8 Å². The third-order valence-corrected chi connectivity index (χ3v) is 7.11. The third-order valence-electron chi connectivity index (χ3n) is 5.95. The monoisotopic (exact) mass is 522 g/mol. The molecule has 0 fully saturated rings. The Morgan fingerprint density at radius 1 is 0.865 bits per heavy atom. The summed E-state index contributed by atoms with van der Waals surface area (Å²) in [5.41, 5.74) is -3.08. The maximum absolute atomic E-state index is 14.4. The molecule has 0 radical (unpaired) electrons. The number of halogens is 5. The second-order valence-electron chi connectivity index (χ2n) is 8.28. The van der Waals surface area contributed by atoms with Crippen molar-refractivity contribution in [1.29, 1.82) is 5.26 Å². The summed E-state index contributed by atoms with van der Waals surface area (Å²) in [5, 5.41) is 11.4. The Bertz CT molecular complexity index is 1760. The molecular formula is C28H15F5N2OS. The minimum absolute atomic E-state index is 0.111. The predicted molar refractivity (Wildman–Crippen MR) is 132 cm³/mol. The van der Waals surface area contributed by atoms with Crippen LogP contribution >= 0.6 is 11.3 Å². The normalized spacial score (nSPS) is 11.6. The van der Waals surface area contributed by atoms with Crippen molar-refractivity contribution in [3.63, 3.8) is 0 Å². The quantitative estimate of drug-likeness (QED) is 0.228. The number of pyridine rings is 1. The molecule has 0 amide bonds. The van der Waals surface area contributed by atoms with Crippen LogP contribution in [0.5, 0.6) is 0 Å². The van der Waals surface area contributed by atoms with Crippen LogP contribution in [0.1, 0.15) is 16.7 Å². The molecule has 0 atom stereocenters. The van der Waals surface area contributed by atoms with Crippen LogP contribution in [0.15, 0.2) is 83.7 Å². The number of nitriles is 1. The van der Waals surface area contributed by atoms with Crippen molar-refractivity contribution in [2.45, 2.75) is 12.7 Å². The van der Waals surface area contributed by atoms with E-state index < -0.39 is 41.0 Å². The molecule has 5 aromatic rings. The highest BCUT2D eigenvalue weighted by atomic mass is 32.1. The van der Waals surface area contributed by atoms with Crippen molar-refractivity contribution in [3.05, 3.63) is 118 Å². The molecule has 3 aromatic carbocycles. The summed E-state index contributed by atoms with van der Waals surface area (Å²) < 4.78 is 70.1. The van der Waals surface area contributed by atoms with E-state index in [0.717, 1.165) is 55.3 Å². The lowest BCUT2D eigenvalue weighted by Gasteiger charge is -2.17. The van der Waals surface area contributed by atoms with Crippen LogP contribution in [0, 0.1) is 23.0 Å². The van der Waals surface area contributed by atoms with Gasteiger partial charge in [-0.15, -0.1) is 11.3 Å². The molecule has 0 aliphatic rings. The van der Waals surface area contributed by atoms with E-state index in [1.165, 1.54) is 6.07 Å². The van der Waals surface area contributed by atoms with Gasteiger partial charge in [0.05, 0.1) is 22.7 Å². The van der Waals surface area contributed by atoms with E-state index in [-0.39, 0.29) is 11.3 Å². The molecule has 0 spiro atoms. The molecule has 9 heteroatoms. The van der Waals surface area contributed by atoms with Gasteiger partial charge in [-0.05, 0) is 46.7 Å². The van der Waals surface area contributed by atoms with Gasteiger partial charge in [0.15, 0.2) is 0 Å². The number of benzene rings is 3. The average molecular weight is 522 g/mol. The summed E-state index contributed by atoms with van der Waals surface area (Å²) in [5.74, 6) is -1.79. The number of hydrogen-bond donors (Lipinski definition) is 0. The zero-order chi connectivity index (χ0) is 26.3. The van der Waals surface area contributed by atoms with Crippen molar-refractivity contribution >= 4 is 22.1 Å².